The number of ketones is 1. The largest absolute Gasteiger partial charge is 0.484 e. The number of rotatable bonds is 8. The third-order valence-corrected chi connectivity index (χ3v) is 6.42. The van der Waals surface area contributed by atoms with E-state index in [1.54, 1.807) is 48.2 Å². The molecule has 0 radical (unpaired) electrons. The van der Waals surface area contributed by atoms with E-state index in [-0.39, 0.29) is 56.5 Å². The zero-order valence-corrected chi connectivity index (χ0v) is 20.7. The Kier molecular flexibility index (Phi) is 8.10. The van der Waals surface area contributed by atoms with Gasteiger partial charge in [0.1, 0.15) is 18.0 Å². The molecule has 0 bridgehead atoms. The summed E-state index contributed by atoms with van der Waals surface area (Å²) >= 11 is 6.08. The number of ether oxygens (including phenoxy) is 3. The number of halogens is 1. The summed E-state index contributed by atoms with van der Waals surface area (Å²) in [6.07, 6.45) is 1.33. The molecule has 0 N–H and O–H groups in total. The van der Waals surface area contributed by atoms with Crippen LogP contribution in [0.3, 0.4) is 0 Å². The topological polar surface area (TPSA) is 102 Å². The quantitative estimate of drug-likeness (QED) is 0.394. The molecule has 0 aromatic heterocycles. The van der Waals surface area contributed by atoms with E-state index >= 15 is 0 Å². The molecule has 2 heterocycles. The van der Waals surface area contributed by atoms with Crippen molar-refractivity contribution >= 4 is 40.9 Å². The third-order valence-electron chi connectivity index (χ3n) is 6.11. The van der Waals surface area contributed by atoms with Gasteiger partial charge in [0.15, 0.2) is 19.0 Å². The second-order valence-corrected chi connectivity index (χ2v) is 8.93. The standard InChI is InChI=1S/C26H27ClN2O7/c1-2-34-26(33)18-6-5-11-28(13-18)24(31)14-29-20-12-17(9-10-23(20)36-16-25(29)32)21(30)15-35-22-8-4-3-7-19(22)27/h3-4,7-10,12,18H,2,5-6,11,13-16H2,1H3. The Morgan fingerprint density at radius 2 is 1.97 bits per heavy atom. The van der Waals surface area contributed by atoms with E-state index < -0.39 is 5.91 Å². The van der Waals surface area contributed by atoms with Gasteiger partial charge in [-0.1, -0.05) is 23.7 Å². The van der Waals surface area contributed by atoms with Crippen LogP contribution in [0.15, 0.2) is 42.5 Å². The van der Waals surface area contributed by atoms with E-state index in [4.69, 9.17) is 25.8 Å². The fourth-order valence-corrected chi connectivity index (χ4v) is 4.42. The number of hydrogen-bond donors (Lipinski definition) is 0. The van der Waals surface area contributed by atoms with E-state index in [9.17, 15) is 19.2 Å². The van der Waals surface area contributed by atoms with Crippen molar-refractivity contribution in [2.24, 2.45) is 5.92 Å². The molecule has 2 aliphatic heterocycles. The van der Waals surface area contributed by atoms with Crippen molar-refractivity contribution < 1.29 is 33.4 Å². The van der Waals surface area contributed by atoms with Gasteiger partial charge in [-0.2, -0.15) is 0 Å². The summed E-state index contributed by atoms with van der Waals surface area (Å²) in [7, 11) is 0. The van der Waals surface area contributed by atoms with Crippen molar-refractivity contribution in [1.29, 1.82) is 0 Å². The Morgan fingerprint density at radius 3 is 2.75 bits per heavy atom. The highest BCUT2D eigenvalue weighted by Gasteiger charge is 2.33. The third kappa shape index (κ3) is 5.79. The van der Waals surface area contributed by atoms with Crippen LogP contribution in [0.25, 0.3) is 0 Å². The number of anilines is 1. The Labute approximate surface area is 213 Å². The van der Waals surface area contributed by atoms with E-state index in [0.29, 0.717) is 47.2 Å². The molecule has 2 aromatic carbocycles. The summed E-state index contributed by atoms with van der Waals surface area (Å²) in [4.78, 5) is 53.6. The predicted octanol–water partition coefficient (Wildman–Crippen LogP) is 3.13. The Morgan fingerprint density at radius 1 is 1.17 bits per heavy atom. The molecule has 190 valence electrons. The summed E-state index contributed by atoms with van der Waals surface area (Å²) < 4.78 is 16.2. The fraction of sp³-hybridized carbons (Fsp3) is 0.385. The number of benzene rings is 2. The molecule has 2 aromatic rings. The first kappa shape index (κ1) is 25.5. The Hall–Kier alpha value is -3.59. The number of Topliss-reactive ketones (excluding diaryl/α,β-unsaturated/α-hetero) is 1. The highest BCUT2D eigenvalue weighted by atomic mass is 35.5. The van der Waals surface area contributed by atoms with Crippen LogP contribution in [0.5, 0.6) is 11.5 Å². The number of carbonyl (C=O) groups excluding carboxylic acids is 4. The van der Waals surface area contributed by atoms with E-state index in [1.807, 2.05) is 0 Å². The molecule has 0 spiro atoms. The molecule has 4 rings (SSSR count). The van der Waals surface area contributed by atoms with Crippen LogP contribution in [-0.4, -0.2) is 67.9 Å². The summed E-state index contributed by atoms with van der Waals surface area (Å²) in [5, 5.41) is 0.391. The summed E-state index contributed by atoms with van der Waals surface area (Å²) in [6.45, 7) is 2.09. The van der Waals surface area contributed by atoms with Gasteiger partial charge >= 0.3 is 5.97 Å². The van der Waals surface area contributed by atoms with Gasteiger partial charge in [-0.15, -0.1) is 0 Å². The number of likely N-dealkylation sites (tertiary alicyclic amines) is 1. The van der Waals surface area contributed by atoms with E-state index in [2.05, 4.69) is 0 Å². The van der Waals surface area contributed by atoms with Gasteiger partial charge in [-0.3, -0.25) is 24.1 Å². The smallest absolute Gasteiger partial charge is 0.310 e. The maximum absolute atomic E-state index is 13.1. The maximum Gasteiger partial charge on any atom is 0.310 e. The van der Waals surface area contributed by atoms with Gasteiger partial charge in [-0.05, 0) is 50.1 Å². The number of para-hydroxylation sites is 1. The van der Waals surface area contributed by atoms with E-state index in [0.717, 1.165) is 0 Å². The zero-order chi connectivity index (χ0) is 25.7. The number of piperidine rings is 1. The molecular weight excluding hydrogens is 488 g/mol. The minimum Gasteiger partial charge on any atom is -0.484 e. The van der Waals surface area contributed by atoms with Crippen LogP contribution >= 0.6 is 11.6 Å². The molecular formula is C26H27ClN2O7. The molecule has 10 heteroatoms. The number of fused-ring (bicyclic) bond motifs is 1. The minimum absolute atomic E-state index is 0.214. The van der Waals surface area contributed by atoms with Crippen LogP contribution in [0, 0.1) is 5.92 Å². The SMILES string of the molecule is CCOC(=O)C1CCCN(C(=O)CN2C(=O)COc3ccc(C(=O)COc4ccccc4Cl)cc32)C1. The maximum atomic E-state index is 13.1. The zero-order valence-electron chi connectivity index (χ0n) is 19.9. The van der Waals surface area contributed by atoms with Crippen molar-refractivity contribution in [3.8, 4) is 11.5 Å². The van der Waals surface area contributed by atoms with Gasteiger partial charge in [0.2, 0.25) is 5.91 Å². The second-order valence-electron chi connectivity index (χ2n) is 8.52. The lowest BCUT2D eigenvalue weighted by Crippen LogP contribution is -2.49. The molecule has 1 unspecified atom stereocenters. The van der Waals surface area contributed by atoms with Gasteiger partial charge in [-0.25, -0.2) is 0 Å². The van der Waals surface area contributed by atoms with Crippen molar-refractivity contribution in [2.75, 3.05) is 44.4 Å². The number of carbonyl (C=O) groups is 4. The molecule has 1 fully saturated rings. The van der Waals surface area contributed by atoms with Crippen molar-refractivity contribution in [3.63, 3.8) is 0 Å². The average molecular weight is 515 g/mol. The molecule has 2 aliphatic rings. The number of hydrogen-bond acceptors (Lipinski definition) is 7. The summed E-state index contributed by atoms with van der Waals surface area (Å²) in [6, 6.07) is 11.5. The van der Waals surface area contributed by atoms with Crippen LogP contribution in [0.2, 0.25) is 5.02 Å². The van der Waals surface area contributed by atoms with Crippen LogP contribution in [0.1, 0.15) is 30.1 Å². The first-order chi connectivity index (χ1) is 17.4. The highest BCUT2D eigenvalue weighted by Crippen LogP contribution is 2.33. The van der Waals surface area contributed by atoms with Gasteiger partial charge < -0.3 is 19.1 Å². The average Bonchev–Trinajstić information content (AvgIpc) is 2.89. The molecule has 0 saturated carbocycles. The lowest BCUT2D eigenvalue weighted by atomic mass is 9.98. The summed E-state index contributed by atoms with van der Waals surface area (Å²) in [5.41, 5.74) is 0.638. The van der Waals surface area contributed by atoms with E-state index in [1.165, 1.54) is 11.0 Å². The first-order valence-corrected chi connectivity index (χ1v) is 12.2. The number of nitrogens with zero attached hydrogens (tertiary/aromatic N) is 2. The molecule has 2 amide bonds. The van der Waals surface area contributed by atoms with Crippen LogP contribution < -0.4 is 14.4 Å². The van der Waals surface area contributed by atoms with Gasteiger partial charge in [0.05, 0.1) is 23.2 Å². The number of esters is 1. The van der Waals surface area contributed by atoms with Crippen molar-refractivity contribution in [2.45, 2.75) is 19.8 Å². The Balaban J connectivity index is 1.46. The molecule has 36 heavy (non-hydrogen) atoms. The normalized spacial score (nSPS) is 17.2. The lowest BCUT2D eigenvalue weighted by molar-refractivity contribution is -0.151. The monoisotopic (exact) mass is 514 g/mol. The van der Waals surface area contributed by atoms with Crippen molar-refractivity contribution in [3.05, 3.63) is 53.1 Å². The molecule has 1 atom stereocenters. The molecule has 0 aliphatic carbocycles. The van der Waals surface area contributed by atoms with Crippen molar-refractivity contribution in [1.82, 2.24) is 4.90 Å². The lowest BCUT2D eigenvalue weighted by Gasteiger charge is -2.34. The number of amides is 2. The fourth-order valence-electron chi connectivity index (χ4n) is 4.23. The highest BCUT2D eigenvalue weighted by molar-refractivity contribution is 6.32. The van der Waals surface area contributed by atoms with Gasteiger partial charge in [0, 0.05) is 18.7 Å². The second kappa shape index (κ2) is 11.4. The molecule has 9 nitrogen and oxygen atoms in total. The van der Waals surface area contributed by atoms with Crippen LogP contribution in [-0.2, 0) is 19.1 Å². The molecule has 1 saturated heterocycles. The van der Waals surface area contributed by atoms with Gasteiger partial charge in [0.25, 0.3) is 5.91 Å². The first-order valence-electron chi connectivity index (χ1n) is 11.8. The minimum atomic E-state index is -0.397. The summed E-state index contributed by atoms with van der Waals surface area (Å²) in [5.74, 6) is -0.915. The van der Waals surface area contributed by atoms with Crippen LogP contribution in [0.4, 0.5) is 5.69 Å². The Bertz CT molecular complexity index is 1170. The predicted molar refractivity (Wildman–Crippen MR) is 132 cm³/mol.